The Labute approximate surface area is 205 Å². The second-order valence-electron chi connectivity index (χ2n) is 7.44. The molecule has 9 heteroatoms. The lowest BCUT2D eigenvalue weighted by molar-refractivity contribution is 0.0977. The van der Waals surface area contributed by atoms with Crippen LogP contribution in [0.1, 0.15) is 29.3 Å². The molecule has 0 fully saturated rings. The van der Waals surface area contributed by atoms with Gasteiger partial charge >= 0.3 is 0 Å². The molecule has 178 valence electrons. The van der Waals surface area contributed by atoms with Crippen molar-refractivity contribution in [3.8, 4) is 5.75 Å². The summed E-state index contributed by atoms with van der Waals surface area (Å²) in [5.41, 5.74) is 2.05. The van der Waals surface area contributed by atoms with E-state index in [0.29, 0.717) is 36.6 Å². The molecular weight excluding hydrogens is 470 g/mol. The molecule has 0 unspecified atom stereocenters. The van der Waals surface area contributed by atoms with Crippen molar-refractivity contribution in [3.05, 3.63) is 90.0 Å². The van der Waals surface area contributed by atoms with Crippen molar-refractivity contribution in [2.45, 2.75) is 24.7 Å². The summed E-state index contributed by atoms with van der Waals surface area (Å²) < 4.78 is 33.1. The van der Waals surface area contributed by atoms with Crippen LogP contribution in [0.5, 0.6) is 5.75 Å². The molecule has 0 aromatic heterocycles. The van der Waals surface area contributed by atoms with Crippen LogP contribution in [0.2, 0.25) is 0 Å². The monoisotopic (exact) mass is 497 g/mol. The number of sulfonamides is 1. The number of thiocarbonyl (C=S) groups is 1. The van der Waals surface area contributed by atoms with Gasteiger partial charge in [0.25, 0.3) is 5.91 Å². The average Bonchev–Trinajstić information content (AvgIpc) is 2.84. The Kier molecular flexibility index (Phi) is 9.15. The molecule has 0 atom stereocenters. The molecule has 1 amide bonds. The van der Waals surface area contributed by atoms with E-state index < -0.39 is 10.0 Å². The third kappa shape index (κ3) is 7.65. The highest BCUT2D eigenvalue weighted by atomic mass is 32.2. The standard InChI is InChI=1S/C25H27N3O4S2/c1-2-18-32-22-12-8-20(9-13-22)24(29)28-25(33)27-21-10-14-23(15-11-21)34(30,31)26-17-16-19-6-4-3-5-7-19/h3-15,26H,2,16-18H2,1H3,(H2,27,28,29,33). The smallest absolute Gasteiger partial charge is 0.257 e. The quantitative estimate of drug-likeness (QED) is 0.365. The lowest BCUT2D eigenvalue weighted by Gasteiger charge is -2.11. The van der Waals surface area contributed by atoms with E-state index in [1.54, 1.807) is 36.4 Å². The largest absolute Gasteiger partial charge is 0.494 e. The van der Waals surface area contributed by atoms with Crippen molar-refractivity contribution < 1.29 is 17.9 Å². The lowest BCUT2D eigenvalue weighted by Crippen LogP contribution is -2.34. The van der Waals surface area contributed by atoms with Crippen LogP contribution in [0.15, 0.2) is 83.8 Å². The van der Waals surface area contributed by atoms with Crippen LogP contribution < -0.4 is 20.1 Å². The highest BCUT2D eigenvalue weighted by molar-refractivity contribution is 7.89. The Balaban J connectivity index is 1.50. The van der Waals surface area contributed by atoms with Gasteiger partial charge in [-0.1, -0.05) is 37.3 Å². The van der Waals surface area contributed by atoms with Gasteiger partial charge in [0.05, 0.1) is 11.5 Å². The number of nitrogens with one attached hydrogen (secondary N) is 3. The fraction of sp³-hybridized carbons (Fsp3) is 0.200. The van der Waals surface area contributed by atoms with E-state index in [0.717, 1.165) is 12.0 Å². The SMILES string of the molecule is CCCOc1ccc(C(=O)NC(=S)Nc2ccc(S(=O)(=O)NCCc3ccccc3)cc2)cc1. The molecule has 34 heavy (non-hydrogen) atoms. The van der Waals surface area contributed by atoms with Gasteiger partial charge in [-0.3, -0.25) is 10.1 Å². The molecule has 7 nitrogen and oxygen atoms in total. The number of hydrogen-bond acceptors (Lipinski definition) is 5. The molecule has 3 N–H and O–H groups in total. The Morgan fingerprint density at radius 1 is 0.941 bits per heavy atom. The first kappa shape index (κ1) is 25.4. The van der Waals surface area contributed by atoms with E-state index >= 15 is 0 Å². The number of rotatable bonds is 10. The molecule has 3 rings (SSSR count). The molecule has 0 saturated carbocycles. The molecule has 0 aliphatic rings. The summed E-state index contributed by atoms with van der Waals surface area (Å²) in [7, 11) is -3.63. The number of carbonyl (C=O) groups excluding carboxylic acids is 1. The fourth-order valence-corrected chi connectivity index (χ4v) is 4.28. The maximum atomic E-state index is 12.5. The predicted molar refractivity (Wildman–Crippen MR) is 138 cm³/mol. The van der Waals surface area contributed by atoms with Crippen molar-refractivity contribution in [1.82, 2.24) is 10.0 Å². The number of benzene rings is 3. The zero-order valence-corrected chi connectivity index (χ0v) is 20.4. The Morgan fingerprint density at radius 2 is 1.62 bits per heavy atom. The second kappa shape index (κ2) is 12.3. The van der Waals surface area contributed by atoms with Gasteiger partial charge in [-0.25, -0.2) is 13.1 Å². The molecule has 0 radical (unpaired) electrons. The van der Waals surface area contributed by atoms with Gasteiger partial charge in [-0.05, 0) is 79.2 Å². The van der Waals surface area contributed by atoms with Crippen molar-refractivity contribution in [1.29, 1.82) is 0 Å². The zero-order valence-electron chi connectivity index (χ0n) is 18.8. The van der Waals surface area contributed by atoms with E-state index in [1.807, 2.05) is 37.3 Å². The van der Waals surface area contributed by atoms with Gasteiger partial charge in [0, 0.05) is 17.8 Å². The van der Waals surface area contributed by atoms with Crippen LogP contribution in [-0.2, 0) is 16.4 Å². The first-order chi connectivity index (χ1) is 16.4. The second-order valence-corrected chi connectivity index (χ2v) is 9.61. The average molecular weight is 498 g/mol. The van der Waals surface area contributed by atoms with Crippen LogP contribution >= 0.6 is 12.2 Å². The minimum absolute atomic E-state index is 0.105. The number of carbonyl (C=O) groups is 1. The van der Waals surface area contributed by atoms with Gasteiger partial charge in [0.1, 0.15) is 5.75 Å². The third-order valence-corrected chi connectivity index (χ3v) is 6.47. The predicted octanol–water partition coefficient (Wildman–Crippen LogP) is 4.12. The van der Waals surface area contributed by atoms with Gasteiger partial charge < -0.3 is 10.1 Å². The molecule has 0 bridgehead atoms. The summed E-state index contributed by atoms with van der Waals surface area (Å²) in [6.45, 7) is 2.93. The summed E-state index contributed by atoms with van der Waals surface area (Å²) in [4.78, 5) is 12.5. The van der Waals surface area contributed by atoms with Crippen molar-refractivity contribution in [2.75, 3.05) is 18.5 Å². The summed E-state index contributed by atoms with van der Waals surface area (Å²) >= 11 is 5.21. The van der Waals surface area contributed by atoms with E-state index in [9.17, 15) is 13.2 Å². The van der Waals surface area contributed by atoms with Crippen molar-refractivity contribution >= 4 is 38.9 Å². The van der Waals surface area contributed by atoms with Crippen LogP contribution in [0, 0.1) is 0 Å². The summed E-state index contributed by atoms with van der Waals surface area (Å²) in [5.74, 6) is 0.338. The van der Waals surface area contributed by atoms with Crippen LogP contribution in [0.25, 0.3) is 0 Å². The van der Waals surface area contributed by atoms with Gasteiger partial charge in [0.15, 0.2) is 5.11 Å². The van der Waals surface area contributed by atoms with Crippen LogP contribution in [-0.4, -0.2) is 32.6 Å². The normalized spacial score (nSPS) is 11.0. The highest BCUT2D eigenvalue weighted by Gasteiger charge is 2.14. The Hall–Kier alpha value is -3.27. The van der Waals surface area contributed by atoms with E-state index in [-0.39, 0.29) is 15.9 Å². The molecule has 3 aromatic rings. The highest BCUT2D eigenvalue weighted by Crippen LogP contribution is 2.15. The minimum Gasteiger partial charge on any atom is -0.494 e. The Morgan fingerprint density at radius 3 is 2.26 bits per heavy atom. The number of hydrogen-bond donors (Lipinski definition) is 3. The van der Waals surface area contributed by atoms with Crippen LogP contribution in [0.4, 0.5) is 5.69 Å². The topological polar surface area (TPSA) is 96.5 Å². The van der Waals surface area contributed by atoms with Gasteiger partial charge in [0.2, 0.25) is 10.0 Å². The zero-order chi connectivity index (χ0) is 24.4. The molecule has 0 aliphatic carbocycles. The van der Waals surface area contributed by atoms with Crippen molar-refractivity contribution in [2.24, 2.45) is 0 Å². The van der Waals surface area contributed by atoms with Gasteiger partial charge in [-0.2, -0.15) is 0 Å². The number of ether oxygens (including phenoxy) is 1. The number of amides is 1. The first-order valence-electron chi connectivity index (χ1n) is 10.9. The van der Waals surface area contributed by atoms with E-state index in [4.69, 9.17) is 17.0 Å². The van der Waals surface area contributed by atoms with Crippen LogP contribution in [0.3, 0.4) is 0 Å². The maximum absolute atomic E-state index is 12.5. The molecule has 0 heterocycles. The van der Waals surface area contributed by atoms with Crippen molar-refractivity contribution in [3.63, 3.8) is 0 Å². The lowest BCUT2D eigenvalue weighted by atomic mass is 10.2. The fourth-order valence-electron chi connectivity index (χ4n) is 3.04. The molecule has 0 spiro atoms. The first-order valence-corrected chi connectivity index (χ1v) is 12.8. The molecule has 0 saturated heterocycles. The summed E-state index contributed by atoms with van der Waals surface area (Å²) in [6, 6.07) is 22.6. The third-order valence-electron chi connectivity index (χ3n) is 4.79. The molecule has 0 aliphatic heterocycles. The van der Waals surface area contributed by atoms with E-state index in [2.05, 4.69) is 15.4 Å². The van der Waals surface area contributed by atoms with E-state index in [1.165, 1.54) is 12.1 Å². The molecular formula is C25H27N3O4S2. The minimum atomic E-state index is -3.63. The summed E-state index contributed by atoms with van der Waals surface area (Å²) in [6.07, 6.45) is 1.50. The maximum Gasteiger partial charge on any atom is 0.257 e. The van der Waals surface area contributed by atoms with Gasteiger partial charge in [-0.15, -0.1) is 0 Å². The number of anilines is 1. The Bertz CT molecular complexity index is 1200. The molecule has 3 aromatic carbocycles. The summed E-state index contributed by atoms with van der Waals surface area (Å²) in [5, 5.41) is 5.59.